The third-order valence-corrected chi connectivity index (χ3v) is 4.18. The lowest BCUT2D eigenvalue weighted by atomic mass is 9.78. The van der Waals surface area contributed by atoms with E-state index in [9.17, 15) is 0 Å². The first-order chi connectivity index (χ1) is 7.60. The van der Waals surface area contributed by atoms with Gasteiger partial charge >= 0.3 is 0 Å². The van der Waals surface area contributed by atoms with Crippen molar-refractivity contribution in [3.63, 3.8) is 0 Å². The van der Waals surface area contributed by atoms with Gasteiger partial charge in [0.1, 0.15) is 0 Å². The number of nitrogens with two attached hydrogens (primary N) is 1. The van der Waals surface area contributed by atoms with Gasteiger partial charge in [0, 0.05) is 6.04 Å². The van der Waals surface area contributed by atoms with Crippen LogP contribution in [0, 0.1) is 12.3 Å². The van der Waals surface area contributed by atoms with Gasteiger partial charge in [0.05, 0.1) is 0 Å². The van der Waals surface area contributed by atoms with Gasteiger partial charge in [0.15, 0.2) is 0 Å². The van der Waals surface area contributed by atoms with Crippen molar-refractivity contribution in [2.75, 3.05) is 0 Å². The second kappa shape index (κ2) is 4.58. The van der Waals surface area contributed by atoms with E-state index < -0.39 is 0 Å². The third-order valence-electron chi connectivity index (χ3n) is 4.18. The summed E-state index contributed by atoms with van der Waals surface area (Å²) in [4.78, 5) is 0. The standard InChI is InChI=1S/C15H23N/c1-12-6-5-7-13(10-12)11-14(16)15(2)8-3-4-9-15/h5-7,10,14H,3-4,8-9,11,16H2,1-2H3. The van der Waals surface area contributed by atoms with E-state index in [1.165, 1.54) is 36.8 Å². The summed E-state index contributed by atoms with van der Waals surface area (Å²) >= 11 is 0. The molecule has 1 nitrogen and oxygen atoms in total. The van der Waals surface area contributed by atoms with Crippen LogP contribution in [0.25, 0.3) is 0 Å². The van der Waals surface area contributed by atoms with E-state index in [1.54, 1.807) is 0 Å². The predicted molar refractivity (Wildman–Crippen MR) is 69.4 cm³/mol. The average Bonchev–Trinajstić information content (AvgIpc) is 2.66. The van der Waals surface area contributed by atoms with E-state index in [0.717, 1.165) is 6.42 Å². The molecule has 1 unspecified atom stereocenters. The van der Waals surface area contributed by atoms with Crippen LogP contribution in [0.2, 0.25) is 0 Å². The van der Waals surface area contributed by atoms with E-state index in [0.29, 0.717) is 11.5 Å². The number of hydrogen-bond acceptors (Lipinski definition) is 1. The molecule has 1 aromatic rings. The molecule has 88 valence electrons. The molecule has 1 saturated carbocycles. The van der Waals surface area contributed by atoms with Gasteiger partial charge in [-0.15, -0.1) is 0 Å². The first kappa shape index (κ1) is 11.7. The Kier molecular flexibility index (Phi) is 3.34. The summed E-state index contributed by atoms with van der Waals surface area (Å²) in [6.45, 7) is 4.51. The van der Waals surface area contributed by atoms with Crippen molar-refractivity contribution in [1.82, 2.24) is 0 Å². The van der Waals surface area contributed by atoms with Crippen LogP contribution >= 0.6 is 0 Å². The molecule has 2 rings (SSSR count). The minimum atomic E-state index is 0.316. The van der Waals surface area contributed by atoms with Gasteiger partial charge in [-0.3, -0.25) is 0 Å². The Labute approximate surface area is 99.0 Å². The molecule has 2 N–H and O–H groups in total. The molecular formula is C15H23N. The predicted octanol–water partition coefficient (Wildman–Crippen LogP) is 3.45. The Balaban J connectivity index is 2.04. The van der Waals surface area contributed by atoms with Crippen LogP contribution < -0.4 is 5.73 Å². The minimum absolute atomic E-state index is 0.316. The highest BCUT2D eigenvalue weighted by Crippen LogP contribution is 2.40. The van der Waals surface area contributed by atoms with E-state index in [-0.39, 0.29) is 0 Å². The van der Waals surface area contributed by atoms with Crippen LogP contribution in [0.4, 0.5) is 0 Å². The number of benzene rings is 1. The molecule has 0 heterocycles. The summed E-state index contributed by atoms with van der Waals surface area (Å²) in [5, 5.41) is 0. The zero-order valence-corrected chi connectivity index (χ0v) is 10.5. The van der Waals surface area contributed by atoms with E-state index in [2.05, 4.69) is 38.1 Å². The Hall–Kier alpha value is -0.820. The van der Waals surface area contributed by atoms with E-state index in [4.69, 9.17) is 5.73 Å². The Morgan fingerprint density at radius 2 is 2.00 bits per heavy atom. The van der Waals surface area contributed by atoms with Crippen molar-refractivity contribution in [2.45, 2.75) is 52.0 Å². The van der Waals surface area contributed by atoms with Crippen LogP contribution in [0.15, 0.2) is 24.3 Å². The number of rotatable bonds is 3. The molecule has 0 saturated heterocycles. The number of aryl methyl sites for hydroxylation is 1. The van der Waals surface area contributed by atoms with Gasteiger partial charge in [-0.25, -0.2) is 0 Å². The summed E-state index contributed by atoms with van der Waals surface area (Å²) in [7, 11) is 0. The van der Waals surface area contributed by atoms with Gasteiger partial charge in [-0.2, -0.15) is 0 Å². The smallest absolute Gasteiger partial charge is 0.0133 e. The first-order valence-electron chi connectivity index (χ1n) is 6.41. The molecule has 0 radical (unpaired) electrons. The highest BCUT2D eigenvalue weighted by atomic mass is 14.7. The topological polar surface area (TPSA) is 26.0 Å². The highest BCUT2D eigenvalue weighted by Gasteiger charge is 2.34. The molecule has 1 aliphatic rings. The summed E-state index contributed by atoms with van der Waals surface area (Å²) in [5.41, 5.74) is 9.50. The van der Waals surface area contributed by atoms with Gasteiger partial charge in [0.2, 0.25) is 0 Å². The van der Waals surface area contributed by atoms with Gasteiger partial charge in [-0.05, 0) is 37.2 Å². The SMILES string of the molecule is Cc1cccc(CC(N)C2(C)CCCC2)c1. The van der Waals surface area contributed by atoms with Crippen molar-refractivity contribution in [1.29, 1.82) is 0 Å². The first-order valence-corrected chi connectivity index (χ1v) is 6.41. The Morgan fingerprint density at radius 1 is 1.31 bits per heavy atom. The maximum Gasteiger partial charge on any atom is 0.0133 e. The minimum Gasteiger partial charge on any atom is -0.327 e. The molecule has 1 aliphatic carbocycles. The van der Waals surface area contributed by atoms with Crippen LogP contribution in [-0.2, 0) is 6.42 Å². The summed E-state index contributed by atoms with van der Waals surface area (Å²) < 4.78 is 0. The van der Waals surface area contributed by atoms with Crippen molar-refractivity contribution >= 4 is 0 Å². The van der Waals surface area contributed by atoms with Crippen molar-refractivity contribution in [3.8, 4) is 0 Å². The molecule has 0 bridgehead atoms. The van der Waals surface area contributed by atoms with Gasteiger partial charge < -0.3 is 5.73 Å². The second-order valence-electron chi connectivity index (χ2n) is 5.66. The molecule has 0 aliphatic heterocycles. The van der Waals surface area contributed by atoms with Crippen molar-refractivity contribution < 1.29 is 0 Å². The molecule has 0 spiro atoms. The van der Waals surface area contributed by atoms with Crippen molar-refractivity contribution in [2.24, 2.45) is 11.1 Å². The second-order valence-corrected chi connectivity index (χ2v) is 5.66. The maximum absolute atomic E-state index is 6.40. The molecule has 1 aromatic carbocycles. The molecule has 0 amide bonds. The summed E-state index contributed by atoms with van der Waals surface area (Å²) in [6.07, 6.45) is 6.36. The van der Waals surface area contributed by atoms with Gasteiger partial charge in [0.25, 0.3) is 0 Å². The molecule has 1 atom stereocenters. The van der Waals surface area contributed by atoms with Crippen LogP contribution in [0.3, 0.4) is 0 Å². The Bertz CT molecular complexity index is 350. The average molecular weight is 217 g/mol. The zero-order valence-electron chi connectivity index (χ0n) is 10.5. The quantitative estimate of drug-likeness (QED) is 0.824. The van der Waals surface area contributed by atoms with Crippen LogP contribution in [0.5, 0.6) is 0 Å². The lowest BCUT2D eigenvalue weighted by Crippen LogP contribution is -2.39. The fourth-order valence-corrected chi connectivity index (χ4v) is 2.89. The monoisotopic (exact) mass is 217 g/mol. The summed E-state index contributed by atoms with van der Waals surface area (Å²) in [5.74, 6) is 0. The van der Waals surface area contributed by atoms with Gasteiger partial charge in [-0.1, -0.05) is 49.6 Å². The lowest BCUT2D eigenvalue weighted by molar-refractivity contribution is 0.260. The van der Waals surface area contributed by atoms with Crippen LogP contribution in [0.1, 0.15) is 43.7 Å². The molecular weight excluding hydrogens is 194 g/mol. The molecule has 16 heavy (non-hydrogen) atoms. The normalized spacial score (nSPS) is 20.9. The summed E-state index contributed by atoms with van der Waals surface area (Å²) in [6, 6.07) is 9.06. The third kappa shape index (κ3) is 2.46. The fraction of sp³-hybridized carbons (Fsp3) is 0.600. The zero-order chi connectivity index (χ0) is 11.6. The number of hydrogen-bond donors (Lipinski definition) is 1. The fourth-order valence-electron chi connectivity index (χ4n) is 2.89. The highest BCUT2D eigenvalue weighted by molar-refractivity contribution is 5.23. The largest absolute Gasteiger partial charge is 0.327 e. The van der Waals surface area contributed by atoms with Crippen molar-refractivity contribution in [3.05, 3.63) is 35.4 Å². The molecule has 1 fully saturated rings. The Morgan fingerprint density at radius 3 is 2.62 bits per heavy atom. The van der Waals surface area contributed by atoms with E-state index >= 15 is 0 Å². The molecule has 0 aromatic heterocycles. The lowest BCUT2D eigenvalue weighted by Gasteiger charge is -2.31. The molecule has 1 heteroatoms. The maximum atomic E-state index is 6.40. The van der Waals surface area contributed by atoms with E-state index in [1.807, 2.05) is 0 Å². The van der Waals surface area contributed by atoms with Crippen LogP contribution in [-0.4, -0.2) is 6.04 Å².